The van der Waals surface area contributed by atoms with E-state index in [-0.39, 0.29) is 5.91 Å². The van der Waals surface area contributed by atoms with Crippen molar-refractivity contribution in [2.24, 2.45) is 0 Å². The Hall–Kier alpha value is -3.92. The maximum atomic E-state index is 13.0. The number of amides is 1. The Labute approximate surface area is 206 Å². The minimum atomic E-state index is -0.452. The molecule has 1 N–H and O–H groups in total. The Kier molecular flexibility index (Phi) is 6.12. The quantitative estimate of drug-likeness (QED) is 0.354. The Morgan fingerprint density at radius 3 is 2.29 bits per heavy atom. The van der Waals surface area contributed by atoms with Crippen LogP contribution in [-0.4, -0.2) is 23.5 Å². The molecular weight excluding hydrogens is 432 g/mol. The zero-order valence-electron chi connectivity index (χ0n) is 20.5. The van der Waals surface area contributed by atoms with Crippen molar-refractivity contribution in [2.45, 2.75) is 38.6 Å². The molecule has 176 valence electrons. The number of benzene rings is 3. The molecule has 0 bridgehead atoms. The van der Waals surface area contributed by atoms with Crippen molar-refractivity contribution in [1.29, 1.82) is 0 Å². The number of fused-ring (bicyclic) bond motifs is 1. The topological polar surface area (TPSA) is 51.2 Å². The second-order valence-electron chi connectivity index (χ2n) is 9.60. The predicted molar refractivity (Wildman–Crippen MR) is 142 cm³/mol. The SMILES string of the molecule is COc1ccc(C2=C(c3ccc(CCCc4ccc5ccccc5n4)cc3)C(=O)NC2(C)C)cc1. The summed E-state index contributed by atoms with van der Waals surface area (Å²) in [5, 5.41) is 4.32. The lowest BCUT2D eigenvalue weighted by molar-refractivity contribution is -0.115. The number of aromatic nitrogens is 1. The van der Waals surface area contributed by atoms with Crippen molar-refractivity contribution < 1.29 is 9.53 Å². The molecule has 4 nitrogen and oxygen atoms in total. The van der Waals surface area contributed by atoms with Gasteiger partial charge in [-0.1, -0.05) is 60.7 Å². The highest BCUT2D eigenvalue weighted by Crippen LogP contribution is 2.40. The first kappa shape index (κ1) is 22.9. The molecule has 0 atom stereocenters. The van der Waals surface area contributed by atoms with Crippen molar-refractivity contribution in [3.63, 3.8) is 0 Å². The number of carbonyl (C=O) groups is 1. The van der Waals surface area contributed by atoms with Gasteiger partial charge in [0, 0.05) is 11.1 Å². The third kappa shape index (κ3) is 4.69. The molecule has 1 aliphatic rings. The smallest absolute Gasteiger partial charge is 0.252 e. The van der Waals surface area contributed by atoms with Gasteiger partial charge in [0.2, 0.25) is 0 Å². The van der Waals surface area contributed by atoms with Gasteiger partial charge in [0.25, 0.3) is 5.91 Å². The van der Waals surface area contributed by atoms with Crippen molar-refractivity contribution >= 4 is 28.0 Å². The summed E-state index contributed by atoms with van der Waals surface area (Å²) >= 11 is 0. The standard InChI is InChI=1S/C31H30N2O2/c1-31(2)29(24-16-19-26(35-3)20-17-24)28(30(34)33-31)23-13-11-21(12-14-23)7-6-9-25-18-15-22-8-4-5-10-27(22)32-25/h4-5,8,10-20H,6-7,9H2,1-3H3,(H,33,34). The van der Waals surface area contributed by atoms with Crippen molar-refractivity contribution in [3.05, 3.63) is 107 Å². The van der Waals surface area contributed by atoms with Crippen LogP contribution < -0.4 is 10.1 Å². The van der Waals surface area contributed by atoms with Crippen LogP contribution in [0.3, 0.4) is 0 Å². The van der Waals surface area contributed by atoms with Gasteiger partial charge in [0.1, 0.15) is 5.75 Å². The normalized spacial score (nSPS) is 14.9. The van der Waals surface area contributed by atoms with Crippen molar-refractivity contribution in [2.75, 3.05) is 7.11 Å². The van der Waals surface area contributed by atoms with Crippen LogP contribution in [-0.2, 0) is 17.6 Å². The highest BCUT2D eigenvalue weighted by molar-refractivity contribution is 6.31. The largest absolute Gasteiger partial charge is 0.497 e. The third-order valence-corrected chi connectivity index (χ3v) is 6.70. The number of methoxy groups -OCH3 is 1. The van der Waals surface area contributed by atoms with Gasteiger partial charge in [0.05, 0.1) is 23.7 Å². The summed E-state index contributed by atoms with van der Waals surface area (Å²) in [5.41, 5.74) is 6.71. The van der Waals surface area contributed by atoms with Gasteiger partial charge < -0.3 is 10.1 Å². The molecule has 0 unspecified atom stereocenters. The van der Waals surface area contributed by atoms with Crippen molar-refractivity contribution in [1.82, 2.24) is 10.3 Å². The number of rotatable bonds is 7. The number of hydrogen-bond acceptors (Lipinski definition) is 3. The molecule has 3 aromatic carbocycles. The fourth-order valence-corrected chi connectivity index (χ4v) is 4.93. The first-order chi connectivity index (χ1) is 16.9. The lowest BCUT2D eigenvalue weighted by atomic mass is 9.86. The minimum Gasteiger partial charge on any atom is -0.497 e. The number of pyridine rings is 1. The van der Waals surface area contributed by atoms with Gasteiger partial charge in [0.15, 0.2) is 0 Å². The van der Waals surface area contributed by atoms with Crippen LogP contribution in [0.1, 0.15) is 42.7 Å². The highest BCUT2D eigenvalue weighted by Gasteiger charge is 2.38. The molecule has 5 rings (SSSR count). The average molecular weight is 463 g/mol. The summed E-state index contributed by atoms with van der Waals surface area (Å²) in [5.74, 6) is 0.769. The molecule has 0 spiro atoms. The van der Waals surface area contributed by atoms with Gasteiger partial charge in [-0.25, -0.2) is 0 Å². The molecule has 0 aliphatic carbocycles. The van der Waals surface area contributed by atoms with E-state index >= 15 is 0 Å². The van der Waals surface area contributed by atoms with E-state index in [2.05, 4.69) is 53.8 Å². The fraction of sp³-hybridized carbons (Fsp3) is 0.226. The summed E-state index contributed by atoms with van der Waals surface area (Å²) in [7, 11) is 1.66. The van der Waals surface area contributed by atoms with E-state index in [4.69, 9.17) is 9.72 Å². The van der Waals surface area contributed by atoms with Crippen LogP contribution in [0.4, 0.5) is 0 Å². The first-order valence-electron chi connectivity index (χ1n) is 12.1. The Morgan fingerprint density at radius 1 is 0.829 bits per heavy atom. The maximum Gasteiger partial charge on any atom is 0.252 e. The number of nitrogens with one attached hydrogen (secondary N) is 1. The Balaban J connectivity index is 1.33. The second kappa shape index (κ2) is 9.38. The van der Waals surface area contributed by atoms with Crippen LogP contribution in [0, 0.1) is 0 Å². The van der Waals surface area contributed by atoms with Gasteiger partial charge in [-0.05, 0) is 79.6 Å². The number of para-hydroxylation sites is 1. The number of aryl methyl sites for hydroxylation is 2. The fourth-order valence-electron chi connectivity index (χ4n) is 4.93. The summed E-state index contributed by atoms with van der Waals surface area (Å²) in [6.07, 6.45) is 2.94. The molecule has 35 heavy (non-hydrogen) atoms. The zero-order valence-corrected chi connectivity index (χ0v) is 20.5. The summed E-state index contributed by atoms with van der Waals surface area (Å²) in [4.78, 5) is 17.8. The molecule has 1 aromatic heterocycles. The van der Waals surface area contributed by atoms with Gasteiger partial charge >= 0.3 is 0 Å². The van der Waals surface area contributed by atoms with E-state index in [1.165, 1.54) is 10.9 Å². The summed E-state index contributed by atoms with van der Waals surface area (Å²) in [6, 6.07) is 28.8. The van der Waals surface area contributed by atoms with Crippen LogP contribution in [0.5, 0.6) is 5.75 Å². The van der Waals surface area contributed by atoms with E-state index in [1.54, 1.807) is 7.11 Å². The average Bonchev–Trinajstić information content (AvgIpc) is 3.12. The van der Waals surface area contributed by atoms with Crippen molar-refractivity contribution in [3.8, 4) is 5.75 Å². The number of hydrogen-bond donors (Lipinski definition) is 1. The molecule has 0 fully saturated rings. The number of ether oxygens (including phenoxy) is 1. The Morgan fingerprint density at radius 2 is 1.54 bits per heavy atom. The Bertz CT molecular complexity index is 1400. The second-order valence-corrected chi connectivity index (χ2v) is 9.60. The van der Waals surface area contributed by atoms with Gasteiger partial charge in [-0.15, -0.1) is 0 Å². The molecule has 1 amide bonds. The molecule has 0 radical (unpaired) electrons. The molecular formula is C31H30N2O2. The zero-order chi connectivity index (χ0) is 24.4. The van der Waals surface area contributed by atoms with Gasteiger partial charge in [-0.3, -0.25) is 9.78 Å². The molecule has 4 aromatic rings. The highest BCUT2D eigenvalue weighted by atomic mass is 16.5. The van der Waals surface area contributed by atoms with E-state index in [0.29, 0.717) is 0 Å². The minimum absolute atomic E-state index is 0.0315. The van der Waals surface area contributed by atoms with E-state index < -0.39 is 5.54 Å². The molecule has 0 saturated heterocycles. The van der Waals surface area contributed by atoms with E-state index in [9.17, 15) is 4.79 Å². The monoisotopic (exact) mass is 462 g/mol. The molecule has 4 heteroatoms. The molecule has 0 saturated carbocycles. The third-order valence-electron chi connectivity index (χ3n) is 6.70. The predicted octanol–water partition coefficient (Wildman–Crippen LogP) is 6.24. The number of nitrogens with zero attached hydrogens (tertiary/aromatic N) is 1. The lowest BCUT2D eigenvalue weighted by Crippen LogP contribution is -2.37. The molecule has 2 heterocycles. The van der Waals surface area contributed by atoms with Crippen LogP contribution in [0.25, 0.3) is 22.0 Å². The maximum absolute atomic E-state index is 13.0. The van der Waals surface area contributed by atoms with Crippen LogP contribution in [0.2, 0.25) is 0 Å². The van der Waals surface area contributed by atoms with Gasteiger partial charge in [-0.2, -0.15) is 0 Å². The molecule has 1 aliphatic heterocycles. The van der Waals surface area contributed by atoms with E-state index in [0.717, 1.165) is 58.5 Å². The lowest BCUT2D eigenvalue weighted by Gasteiger charge is -2.23. The van der Waals surface area contributed by atoms with E-state index in [1.807, 2.05) is 50.2 Å². The summed E-state index contributed by atoms with van der Waals surface area (Å²) < 4.78 is 5.31. The first-order valence-corrected chi connectivity index (χ1v) is 12.1. The number of carbonyl (C=O) groups excluding carboxylic acids is 1. The van der Waals surface area contributed by atoms with Crippen LogP contribution in [0.15, 0.2) is 84.9 Å². The summed E-state index contributed by atoms with van der Waals surface area (Å²) in [6.45, 7) is 4.10. The van der Waals surface area contributed by atoms with Crippen LogP contribution >= 0.6 is 0 Å².